The Morgan fingerprint density at radius 1 is 1.14 bits per heavy atom. The molecule has 2 atom stereocenters. The number of aromatic amines is 1. The highest BCUT2D eigenvalue weighted by atomic mass is 16.5. The Morgan fingerprint density at radius 3 is 2.77 bits per heavy atom. The molecule has 0 radical (unpaired) electrons. The summed E-state index contributed by atoms with van der Waals surface area (Å²) in [5.74, 6) is 1.25. The fourth-order valence-electron chi connectivity index (χ4n) is 3.43. The van der Waals surface area contributed by atoms with E-state index >= 15 is 0 Å². The second-order valence-electron chi connectivity index (χ2n) is 6.10. The van der Waals surface area contributed by atoms with Gasteiger partial charge in [0.05, 0.1) is 0 Å². The zero-order chi connectivity index (χ0) is 15.1. The first-order chi connectivity index (χ1) is 10.7. The van der Waals surface area contributed by atoms with Crippen molar-refractivity contribution in [3.8, 4) is 5.75 Å². The molecule has 22 heavy (non-hydrogen) atoms. The van der Waals surface area contributed by atoms with Crippen molar-refractivity contribution in [2.24, 2.45) is 5.73 Å². The summed E-state index contributed by atoms with van der Waals surface area (Å²) in [6, 6.07) is 16.8. The van der Waals surface area contributed by atoms with Crippen LogP contribution >= 0.6 is 0 Å². The molecule has 0 saturated heterocycles. The van der Waals surface area contributed by atoms with Gasteiger partial charge in [0, 0.05) is 28.6 Å². The van der Waals surface area contributed by atoms with Crippen LogP contribution in [-0.2, 0) is 6.42 Å². The van der Waals surface area contributed by atoms with Gasteiger partial charge in [0.1, 0.15) is 12.4 Å². The number of hydrogen-bond donors (Lipinski definition) is 2. The van der Waals surface area contributed by atoms with E-state index in [0.717, 1.165) is 17.7 Å². The van der Waals surface area contributed by atoms with Gasteiger partial charge in [-0.1, -0.05) is 43.3 Å². The predicted octanol–water partition coefficient (Wildman–Crippen LogP) is 3.58. The molecule has 1 aliphatic rings. The summed E-state index contributed by atoms with van der Waals surface area (Å²) >= 11 is 0. The van der Waals surface area contributed by atoms with Gasteiger partial charge in [-0.15, -0.1) is 0 Å². The number of nitrogens with one attached hydrogen (secondary N) is 1. The highest BCUT2D eigenvalue weighted by Crippen LogP contribution is 2.38. The number of rotatable bonds is 2. The lowest BCUT2D eigenvalue weighted by atomic mass is 9.92. The molecule has 4 rings (SSSR count). The SMILES string of the molecule is C[C@H](c1ccccc1)c1[nH]c2cccc3c2c1CC(N)CO3. The Kier molecular flexibility index (Phi) is 3.16. The number of hydrogen-bond acceptors (Lipinski definition) is 2. The van der Waals surface area contributed by atoms with Gasteiger partial charge >= 0.3 is 0 Å². The fourth-order valence-corrected chi connectivity index (χ4v) is 3.43. The monoisotopic (exact) mass is 292 g/mol. The smallest absolute Gasteiger partial charge is 0.129 e. The van der Waals surface area contributed by atoms with Crippen molar-refractivity contribution >= 4 is 10.9 Å². The number of nitrogens with two attached hydrogens (primary N) is 1. The molecule has 0 aliphatic carbocycles. The molecule has 0 amide bonds. The Labute approximate surface area is 130 Å². The van der Waals surface area contributed by atoms with Gasteiger partial charge in [-0.05, 0) is 29.7 Å². The van der Waals surface area contributed by atoms with Crippen molar-refractivity contribution in [3.63, 3.8) is 0 Å². The lowest BCUT2D eigenvalue weighted by Crippen LogP contribution is -2.29. The molecule has 0 fully saturated rings. The maximum Gasteiger partial charge on any atom is 0.129 e. The van der Waals surface area contributed by atoms with Crippen LogP contribution in [0.2, 0.25) is 0 Å². The molecule has 3 nitrogen and oxygen atoms in total. The van der Waals surface area contributed by atoms with Gasteiger partial charge in [-0.3, -0.25) is 0 Å². The highest BCUT2D eigenvalue weighted by molar-refractivity contribution is 5.91. The third-order valence-corrected chi connectivity index (χ3v) is 4.57. The quantitative estimate of drug-likeness (QED) is 0.758. The van der Waals surface area contributed by atoms with Gasteiger partial charge in [0.25, 0.3) is 0 Å². The zero-order valence-electron chi connectivity index (χ0n) is 12.7. The van der Waals surface area contributed by atoms with E-state index in [2.05, 4.69) is 48.3 Å². The molecule has 2 heterocycles. The molecule has 0 spiro atoms. The van der Waals surface area contributed by atoms with Crippen LogP contribution in [0.3, 0.4) is 0 Å². The van der Waals surface area contributed by atoms with Crippen LogP contribution in [0.25, 0.3) is 10.9 Å². The van der Waals surface area contributed by atoms with E-state index in [1.807, 2.05) is 12.1 Å². The summed E-state index contributed by atoms with van der Waals surface area (Å²) in [6.45, 7) is 2.82. The zero-order valence-corrected chi connectivity index (χ0v) is 12.7. The van der Waals surface area contributed by atoms with Crippen molar-refractivity contribution in [2.75, 3.05) is 6.61 Å². The van der Waals surface area contributed by atoms with Crippen LogP contribution < -0.4 is 10.5 Å². The number of aromatic nitrogens is 1. The normalized spacial score (nSPS) is 18.7. The van der Waals surface area contributed by atoms with E-state index in [4.69, 9.17) is 10.5 Å². The van der Waals surface area contributed by atoms with Crippen LogP contribution in [0.5, 0.6) is 5.75 Å². The summed E-state index contributed by atoms with van der Waals surface area (Å²) in [6.07, 6.45) is 0.851. The average Bonchev–Trinajstić information content (AvgIpc) is 2.82. The van der Waals surface area contributed by atoms with Crippen LogP contribution in [0.1, 0.15) is 29.7 Å². The molecular formula is C19H20N2O. The van der Waals surface area contributed by atoms with Crippen LogP contribution in [0, 0.1) is 0 Å². The van der Waals surface area contributed by atoms with Gasteiger partial charge < -0.3 is 15.5 Å². The first-order valence-electron chi connectivity index (χ1n) is 7.81. The van der Waals surface area contributed by atoms with Crippen LogP contribution in [0.4, 0.5) is 0 Å². The third-order valence-electron chi connectivity index (χ3n) is 4.57. The number of H-pyrrole nitrogens is 1. The molecule has 2 aromatic carbocycles. The van der Waals surface area contributed by atoms with Gasteiger partial charge in [0.2, 0.25) is 0 Å². The minimum Gasteiger partial charge on any atom is -0.491 e. The maximum absolute atomic E-state index is 6.22. The van der Waals surface area contributed by atoms with Gasteiger partial charge in [-0.25, -0.2) is 0 Å². The Balaban J connectivity index is 1.91. The fraction of sp³-hybridized carbons (Fsp3) is 0.263. The van der Waals surface area contributed by atoms with E-state index in [-0.39, 0.29) is 6.04 Å². The van der Waals surface area contributed by atoms with Crippen molar-refractivity contribution in [3.05, 3.63) is 65.4 Å². The molecule has 3 N–H and O–H groups in total. The second kappa shape index (κ2) is 5.18. The van der Waals surface area contributed by atoms with Gasteiger partial charge in [0.15, 0.2) is 0 Å². The maximum atomic E-state index is 6.22. The van der Waals surface area contributed by atoms with E-state index in [1.54, 1.807) is 0 Å². The first-order valence-corrected chi connectivity index (χ1v) is 7.81. The summed E-state index contributed by atoms with van der Waals surface area (Å²) < 4.78 is 5.89. The first kappa shape index (κ1) is 13.4. The summed E-state index contributed by atoms with van der Waals surface area (Å²) in [7, 11) is 0. The van der Waals surface area contributed by atoms with Crippen molar-refractivity contribution < 1.29 is 4.74 Å². The lowest BCUT2D eigenvalue weighted by Gasteiger charge is -2.14. The van der Waals surface area contributed by atoms with Crippen molar-refractivity contribution in [1.29, 1.82) is 0 Å². The molecule has 1 aliphatic heterocycles. The van der Waals surface area contributed by atoms with Crippen molar-refractivity contribution in [2.45, 2.75) is 25.3 Å². The minimum atomic E-state index is 0.0353. The molecule has 0 saturated carbocycles. The Hall–Kier alpha value is -2.26. The molecule has 0 bridgehead atoms. The summed E-state index contributed by atoms with van der Waals surface area (Å²) in [4.78, 5) is 3.61. The number of benzene rings is 2. The molecule has 112 valence electrons. The van der Waals surface area contributed by atoms with Crippen LogP contribution in [0.15, 0.2) is 48.5 Å². The van der Waals surface area contributed by atoms with Gasteiger partial charge in [-0.2, -0.15) is 0 Å². The lowest BCUT2D eigenvalue weighted by molar-refractivity contribution is 0.296. The summed E-state index contributed by atoms with van der Waals surface area (Å²) in [5.41, 5.74) is 11.2. The van der Waals surface area contributed by atoms with Crippen LogP contribution in [-0.4, -0.2) is 17.6 Å². The highest BCUT2D eigenvalue weighted by Gasteiger charge is 2.24. The Bertz CT molecular complexity index is 807. The summed E-state index contributed by atoms with van der Waals surface area (Å²) in [5, 5.41) is 1.20. The van der Waals surface area contributed by atoms with E-state index in [1.165, 1.54) is 22.2 Å². The molecule has 1 aromatic heterocycles. The minimum absolute atomic E-state index is 0.0353. The topological polar surface area (TPSA) is 51.0 Å². The van der Waals surface area contributed by atoms with E-state index in [9.17, 15) is 0 Å². The van der Waals surface area contributed by atoms with E-state index < -0.39 is 0 Å². The molecule has 3 aromatic rings. The standard InChI is InChI=1S/C19H20N2O/c1-12(13-6-3-2-4-7-13)19-15-10-14(20)11-22-17-9-5-8-16(21-19)18(15)17/h2-9,12,14,21H,10-11,20H2,1H3/t12-,14?/m1/s1. The molecular weight excluding hydrogens is 272 g/mol. The van der Waals surface area contributed by atoms with E-state index in [0.29, 0.717) is 12.5 Å². The van der Waals surface area contributed by atoms with Crippen molar-refractivity contribution in [1.82, 2.24) is 4.98 Å². The average molecular weight is 292 g/mol. The Morgan fingerprint density at radius 2 is 1.95 bits per heavy atom. The number of ether oxygens (including phenoxy) is 1. The molecule has 1 unspecified atom stereocenters. The second-order valence-corrected chi connectivity index (χ2v) is 6.10. The molecule has 3 heteroatoms. The predicted molar refractivity (Wildman–Crippen MR) is 89.4 cm³/mol. The largest absolute Gasteiger partial charge is 0.491 e. The third kappa shape index (κ3) is 2.09.